The van der Waals surface area contributed by atoms with Gasteiger partial charge >= 0.3 is 0 Å². The Hall–Kier alpha value is -0.580. The third-order valence-corrected chi connectivity index (χ3v) is 4.46. The molecule has 0 bridgehead atoms. The van der Waals surface area contributed by atoms with Gasteiger partial charge < -0.3 is 15.1 Å². The topological polar surface area (TPSA) is 18.5 Å². The first-order chi connectivity index (χ1) is 9.06. The Morgan fingerprint density at radius 2 is 2.21 bits per heavy atom. The van der Waals surface area contributed by atoms with Crippen LogP contribution in [-0.4, -0.2) is 51.2 Å². The molecule has 1 aliphatic heterocycles. The third-order valence-electron chi connectivity index (χ3n) is 3.57. The van der Waals surface area contributed by atoms with Crippen LogP contribution in [0.2, 0.25) is 0 Å². The predicted molar refractivity (Wildman–Crippen MR) is 86.1 cm³/mol. The number of halogens is 1. The van der Waals surface area contributed by atoms with Crippen LogP contribution in [0.15, 0.2) is 22.7 Å². The Labute approximate surface area is 125 Å². The zero-order valence-electron chi connectivity index (χ0n) is 12.1. The largest absolute Gasteiger partial charge is 0.370 e. The van der Waals surface area contributed by atoms with E-state index in [1.54, 1.807) is 0 Å². The van der Waals surface area contributed by atoms with Crippen LogP contribution in [0.3, 0.4) is 0 Å². The van der Waals surface area contributed by atoms with Crippen LogP contribution < -0.4 is 10.2 Å². The van der Waals surface area contributed by atoms with Crippen molar-refractivity contribution in [2.75, 3.05) is 45.2 Å². The normalized spacial score (nSPS) is 20.7. The Kier molecular flexibility index (Phi) is 5.25. The summed E-state index contributed by atoms with van der Waals surface area (Å²) in [6.45, 7) is 6.58. The zero-order chi connectivity index (χ0) is 13.8. The number of aryl methyl sites for hydroxylation is 1. The van der Waals surface area contributed by atoms with Crippen LogP contribution in [0.25, 0.3) is 0 Å². The van der Waals surface area contributed by atoms with Gasteiger partial charge in [-0.3, -0.25) is 0 Å². The molecule has 1 saturated heterocycles. The molecule has 1 fully saturated rings. The highest BCUT2D eigenvalue weighted by Gasteiger charge is 2.18. The highest BCUT2D eigenvalue weighted by molar-refractivity contribution is 9.10. The lowest BCUT2D eigenvalue weighted by Crippen LogP contribution is -2.44. The van der Waals surface area contributed by atoms with Crippen molar-refractivity contribution < 1.29 is 0 Å². The monoisotopic (exact) mass is 325 g/mol. The van der Waals surface area contributed by atoms with E-state index in [1.807, 2.05) is 0 Å². The van der Waals surface area contributed by atoms with Crippen molar-refractivity contribution in [3.63, 3.8) is 0 Å². The van der Waals surface area contributed by atoms with Gasteiger partial charge in [-0.2, -0.15) is 0 Å². The molecule has 1 heterocycles. The number of benzene rings is 1. The van der Waals surface area contributed by atoms with Gasteiger partial charge in [-0.05, 0) is 57.7 Å². The van der Waals surface area contributed by atoms with Gasteiger partial charge in [-0.15, -0.1) is 0 Å². The molecule has 19 heavy (non-hydrogen) atoms. The number of anilines is 1. The molecular formula is C15H24BrN3. The molecule has 0 aromatic heterocycles. The summed E-state index contributed by atoms with van der Waals surface area (Å²) in [4.78, 5) is 4.77. The lowest BCUT2D eigenvalue weighted by molar-refractivity contribution is 0.346. The maximum absolute atomic E-state index is 3.65. The van der Waals surface area contributed by atoms with Gasteiger partial charge in [-0.1, -0.05) is 15.9 Å². The molecule has 1 atom stereocenters. The Morgan fingerprint density at radius 3 is 2.89 bits per heavy atom. The van der Waals surface area contributed by atoms with Gasteiger partial charge in [0.25, 0.3) is 0 Å². The molecule has 106 valence electrons. The number of likely N-dealkylation sites (N-methyl/N-ethyl adjacent to an activating group) is 1. The van der Waals surface area contributed by atoms with Crippen molar-refractivity contribution >= 4 is 21.6 Å². The van der Waals surface area contributed by atoms with E-state index in [2.05, 4.69) is 70.3 Å². The van der Waals surface area contributed by atoms with Crippen molar-refractivity contribution in [1.82, 2.24) is 10.2 Å². The van der Waals surface area contributed by atoms with Gasteiger partial charge in [0, 0.05) is 35.8 Å². The van der Waals surface area contributed by atoms with E-state index in [0.29, 0.717) is 6.04 Å². The lowest BCUT2D eigenvalue weighted by Gasteiger charge is -2.28. The van der Waals surface area contributed by atoms with E-state index >= 15 is 0 Å². The molecule has 1 aromatic carbocycles. The van der Waals surface area contributed by atoms with Gasteiger partial charge in [-0.25, -0.2) is 0 Å². The smallest absolute Gasteiger partial charge is 0.0371 e. The lowest BCUT2D eigenvalue weighted by atomic mass is 10.2. The van der Waals surface area contributed by atoms with Crippen LogP contribution in [0.4, 0.5) is 5.69 Å². The number of hydrogen-bond donors (Lipinski definition) is 1. The van der Waals surface area contributed by atoms with Gasteiger partial charge in [0.1, 0.15) is 0 Å². The highest BCUT2D eigenvalue weighted by Crippen LogP contribution is 2.23. The predicted octanol–water partition coefficient (Wildman–Crippen LogP) is 2.49. The summed E-state index contributed by atoms with van der Waals surface area (Å²) in [5, 5.41) is 3.65. The number of nitrogens with zero attached hydrogens (tertiary/aromatic N) is 2. The second-order valence-electron chi connectivity index (χ2n) is 5.65. The Morgan fingerprint density at radius 1 is 1.42 bits per heavy atom. The number of hydrogen-bond acceptors (Lipinski definition) is 3. The summed E-state index contributed by atoms with van der Waals surface area (Å²) < 4.78 is 1.19. The second-order valence-corrected chi connectivity index (χ2v) is 6.50. The molecule has 2 rings (SSSR count). The summed E-state index contributed by atoms with van der Waals surface area (Å²) in [5.74, 6) is 0. The number of nitrogens with one attached hydrogen (secondary N) is 1. The number of rotatable bonds is 3. The third kappa shape index (κ3) is 4.20. The minimum Gasteiger partial charge on any atom is -0.370 e. The fourth-order valence-electron chi connectivity index (χ4n) is 2.62. The van der Waals surface area contributed by atoms with Crippen LogP contribution in [0.5, 0.6) is 0 Å². The van der Waals surface area contributed by atoms with Crippen molar-refractivity contribution in [3.8, 4) is 0 Å². The SMILES string of the molecule is Cc1cc(N2CCCNC(CN(C)C)C2)ccc1Br. The first-order valence-corrected chi connectivity index (χ1v) is 7.75. The van der Waals surface area contributed by atoms with Crippen molar-refractivity contribution in [1.29, 1.82) is 0 Å². The fraction of sp³-hybridized carbons (Fsp3) is 0.600. The van der Waals surface area contributed by atoms with Crippen molar-refractivity contribution in [2.24, 2.45) is 0 Å². The average molecular weight is 326 g/mol. The molecule has 1 aliphatic rings. The highest BCUT2D eigenvalue weighted by atomic mass is 79.9. The van der Waals surface area contributed by atoms with Crippen LogP contribution >= 0.6 is 15.9 Å². The summed E-state index contributed by atoms with van der Waals surface area (Å²) >= 11 is 3.58. The van der Waals surface area contributed by atoms with E-state index < -0.39 is 0 Å². The second kappa shape index (κ2) is 6.73. The first kappa shape index (κ1) is 14.8. The van der Waals surface area contributed by atoms with Gasteiger partial charge in [0.05, 0.1) is 0 Å². The van der Waals surface area contributed by atoms with Crippen LogP contribution in [0.1, 0.15) is 12.0 Å². The minimum atomic E-state index is 0.543. The first-order valence-electron chi connectivity index (χ1n) is 6.95. The summed E-state index contributed by atoms with van der Waals surface area (Å²) in [7, 11) is 4.28. The summed E-state index contributed by atoms with van der Waals surface area (Å²) in [6.07, 6.45) is 1.21. The fourth-order valence-corrected chi connectivity index (χ4v) is 2.87. The van der Waals surface area contributed by atoms with Crippen molar-refractivity contribution in [2.45, 2.75) is 19.4 Å². The molecular weight excluding hydrogens is 302 g/mol. The van der Waals surface area contributed by atoms with E-state index in [4.69, 9.17) is 0 Å². The Balaban J connectivity index is 2.10. The minimum absolute atomic E-state index is 0.543. The molecule has 3 nitrogen and oxygen atoms in total. The van der Waals surface area contributed by atoms with Gasteiger partial charge in [0.2, 0.25) is 0 Å². The van der Waals surface area contributed by atoms with E-state index in [1.165, 1.54) is 22.1 Å². The Bertz CT molecular complexity index is 420. The summed E-state index contributed by atoms with van der Waals surface area (Å²) in [6, 6.07) is 7.20. The molecule has 0 spiro atoms. The molecule has 0 radical (unpaired) electrons. The van der Waals surface area contributed by atoms with E-state index in [9.17, 15) is 0 Å². The quantitative estimate of drug-likeness (QED) is 0.921. The molecule has 1 N–H and O–H groups in total. The molecule has 1 aromatic rings. The van der Waals surface area contributed by atoms with Crippen LogP contribution in [-0.2, 0) is 0 Å². The zero-order valence-corrected chi connectivity index (χ0v) is 13.7. The summed E-state index contributed by atoms with van der Waals surface area (Å²) in [5.41, 5.74) is 2.65. The van der Waals surface area contributed by atoms with Crippen LogP contribution in [0, 0.1) is 6.92 Å². The molecule has 0 amide bonds. The van der Waals surface area contributed by atoms with E-state index in [-0.39, 0.29) is 0 Å². The maximum Gasteiger partial charge on any atom is 0.0371 e. The molecule has 0 saturated carbocycles. The average Bonchev–Trinajstić information content (AvgIpc) is 2.57. The molecule has 1 unspecified atom stereocenters. The molecule has 0 aliphatic carbocycles. The van der Waals surface area contributed by atoms with Crippen molar-refractivity contribution in [3.05, 3.63) is 28.2 Å². The van der Waals surface area contributed by atoms with E-state index in [0.717, 1.165) is 26.2 Å². The standard InChI is InChI=1S/C15H24BrN3/c1-12-9-14(5-6-15(12)16)19-8-4-7-17-13(11-19)10-18(2)3/h5-6,9,13,17H,4,7-8,10-11H2,1-3H3. The maximum atomic E-state index is 3.65. The van der Waals surface area contributed by atoms with Gasteiger partial charge in [0.15, 0.2) is 0 Å². The molecule has 4 heteroatoms.